The molecule has 0 N–H and O–H groups in total. The molecule has 1 fully saturated rings. The fourth-order valence-electron chi connectivity index (χ4n) is 2.00. The van der Waals surface area contributed by atoms with Gasteiger partial charge in [0.25, 0.3) is 0 Å². The van der Waals surface area contributed by atoms with E-state index in [0.717, 1.165) is 19.5 Å². The third kappa shape index (κ3) is 2.74. The molecule has 0 radical (unpaired) electrons. The zero-order valence-electron chi connectivity index (χ0n) is 10.3. The number of hydrogen-bond acceptors (Lipinski definition) is 5. The van der Waals surface area contributed by atoms with Crippen LogP contribution < -0.4 is 4.90 Å². The van der Waals surface area contributed by atoms with Gasteiger partial charge in [-0.15, -0.1) is 0 Å². The molecule has 94 valence electrons. The van der Waals surface area contributed by atoms with Crippen LogP contribution in [0.2, 0.25) is 0 Å². The number of anilines is 1. The van der Waals surface area contributed by atoms with Crippen LogP contribution >= 0.6 is 0 Å². The molecule has 0 aromatic carbocycles. The Hall–Kier alpha value is -2.16. The molecular weight excluding hydrogens is 230 g/mol. The van der Waals surface area contributed by atoms with Crippen LogP contribution in [0.4, 0.5) is 5.95 Å². The molecule has 0 spiro atoms. The molecule has 1 aliphatic rings. The second-order valence-electron chi connectivity index (χ2n) is 4.20. The maximum absolute atomic E-state index is 11.3. The maximum atomic E-state index is 11.3. The van der Waals surface area contributed by atoms with Crippen LogP contribution in [0.25, 0.3) is 0 Å². The Labute approximate surface area is 106 Å². The van der Waals surface area contributed by atoms with E-state index in [2.05, 4.69) is 9.97 Å². The van der Waals surface area contributed by atoms with Crippen LogP contribution in [0.1, 0.15) is 19.0 Å². The lowest BCUT2D eigenvalue weighted by Crippen LogP contribution is -2.34. The first-order chi connectivity index (χ1) is 8.70. The van der Waals surface area contributed by atoms with E-state index in [1.165, 1.54) is 0 Å². The lowest BCUT2D eigenvalue weighted by atomic mass is 10.4. The van der Waals surface area contributed by atoms with Crippen LogP contribution in [-0.4, -0.2) is 47.0 Å². The first kappa shape index (κ1) is 12.3. The number of aromatic nitrogens is 2. The fraction of sp³-hybridized carbons (Fsp3) is 0.500. The predicted molar refractivity (Wildman–Crippen MR) is 65.8 cm³/mol. The summed E-state index contributed by atoms with van der Waals surface area (Å²) in [6.45, 7) is 4.54. The zero-order valence-corrected chi connectivity index (χ0v) is 10.3. The molecule has 0 saturated carbocycles. The van der Waals surface area contributed by atoms with E-state index in [1.54, 1.807) is 19.2 Å². The number of nitrogens with zero attached hydrogens (tertiary/aromatic N) is 5. The van der Waals surface area contributed by atoms with Crippen molar-refractivity contribution in [1.82, 2.24) is 14.9 Å². The SMILES string of the molecule is CC(=O)N1CCCN(c2nccc(C#N)n2)CC1. The highest BCUT2D eigenvalue weighted by Crippen LogP contribution is 2.11. The van der Waals surface area contributed by atoms with E-state index in [9.17, 15) is 4.79 Å². The Morgan fingerprint density at radius 2 is 2.22 bits per heavy atom. The molecule has 0 bridgehead atoms. The van der Waals surface area contributed by atoms with Gasteiger partial charge in [0, 0.05) is 39.3 Å². The third-order valence-corrected chi connectivity index (χ3v) is 2.98. The number of carbonyl (C=O) groups is 1. The zero-order chi connectivity index (χ0) is 13.0. The van der Waals surface area contributed by atoms with Gasteiger partial charge in [-0.05, 0) is 12.5 Å². The molecular formula is C12H15N5O. The molecule has 6 nitrogen and oxygen atoms in total. The van der Waals surface area contributed by atoms with E-state index in [1.807, 2.05) is 15.9 Å². The van der Waals surface area contributed by atoms with Crippen LogP contribution in [0.5, 0.6) is 0 Å². The minimum absolute atomic E-state index is 0.101. The summed E-state index contributed by atoms with van der Waals surface area (Å²) in [6, 6.07) is 3.59. The molecule has 0 unspecified atom stereocenters. The summed E-state index contributed by atoms with van der Waals surface area (Å²) in [6.07, 6.45) is 2.48. The van der Waals surface area contributed by atoms with E-state index in [4.69, 9.17) is 5.26 Å². The molecule has 0 atom stereocenters. The monoisotopic (exact) mass is 245 g/mol. The van der Waals surface area contributed by atoms with Gasteiger partial charge in [0.05, 0.1) is 0 Å². The lowest BCUT2D eigenvalue weighted by molar-refractivity contribution is -0.128. The fourth-order valence-corrected chi connectivity index (χ4v) is 2.00. The number of amides is 1. The smallest absolute Gasteiger partial charge is 0.226 e. The van der Waals surface area contributed by atoms with Crippen molar-refractivity contribution in [2.75, 3.05) is 31.1 Å². The first-order valence-corrected chi connectivity index (χ1v) is 5.94. The van der Waals surface area contributed by atoms with Crippen molar-refractivity contribution >= 4 is 11.9 Å². The Kier molecular flexibility index (Phi) is 3.72. The van der Waals surface area contributed by atoms with Gasteiger partial charge < -0.3 is 9.80 Å². The Morgan fingerprint density at radius 3 is 2.94 bits per heavy atom. The van der Waals surface area contributed by atoms with Gasteiger partial charge in [-0.2, -0.15) is 5.26 Å². The molecule has 1 aliphatic heterocycles. The standard InChI is InChI=1S/C12H15N5O/c1-10(18)16-5-2-6-17(8-7-16)12-14-4-3-11(9-13)15-12/h3-4H,2,5-8H2,1H3. The Morgan fingerprint density at radius 1 is 1.39 bits per heavy atom. The predicted octanol–water partition coefficient (Wildman–Crippen LogP) is 0.407. The molecule has 1 amide bonds. The normalized spacial score (nSPS) is 16.0. The minimum Gasteiger partial charge on any atom is -0.341 e. The molecule has 1 saturated heterocycles. The summed E-state index contributed by atoms with van der Waals surface area (Å²) in [5.41, 5.74) is 0.368. The van der Waals surface area contributed by atoms with E-state index in [-0.39, 0.29) is 5.91 Å². The van der Waals surface area contributed by atoms with Gasteiger partial charge in [-0.25, -0.2) is 9.97 Å². The highest BCUT2D eigenvalue weighted by atomic mass is 16.2. The summed E-state index contributed by atoms with van der Waals surface area (Å²) in [5.74, 6) is 0.669. The van der Waals surface area contributed by atoms with Crippen LogP contribution in [0.15, 0.2) is 12.3 Å². The summed E-state index contributed by atoms with van der Waals surface area (Å²) >= 11 is 0. The minimum atomic E-state index is 0.101. The maximum Gasteiger partial charge on any atom is 0.226 e. The van der Waals surface area contributed by atoms with Crippen molar-refractivity contribution in [1.29, 1.82) is 5.26 Å². The second-order valence-corrected chi connectivity index (χ2v) is 4.20. The average molecular weight is 245 g/mol. The van der Waals surface area contributed by atoms with Crippen molar-refractivity contribution in [3.05, 3.63) is 18.0 Å². The highest BCUT2D eigenvalue weighted by Gasteiger charge is 2.18. The highest BCUT2D eigenvalue weighted by molar-refractivity contribution is 5.73. The largest absolute Gasteiger partial charge is 0.341 e. The number of carbonyl (C=O) groups excluding carboxylic acids is 1. The van der Waals surface area contributed by atoms with Gasteiger partial charge in [0.2, 0.25) is 11.9 Å². The number of rotatable bonds is 1. The molecule has 2 heterocycles. The summed E-state index contributed by atoms with van der Waals surface area (Å²) in [7, 11) is 0. The molecule has 1 aromatic heterocycles. The van der Waals surface area contributed by atoms with E-state index < -0.39 is 0 Å². The van der Waals surface area contributed by atoms with Gasteiger partial charge in [0.1, 0.15) is 11.8 Å². The van der Waals surface area contributed by atoms with Crippen molar-refractivity contribution in [3.8, 4) is 6.07 Å². The van der Waals surface area contributed by atoms with E-state index >= 15 is 0 Å². The van der Waals surface area contributed by atoms with Gasteiger partial charge >= 0.3 is 0 Å². The Balaban J connectivity index is 2.10. The van der Waals surface area contributed by atoms with Crippen LogP contribution in [0.3, 0.4) is 0 Å². The summed E-state index contributed by atoms with van der Waals surface area (Å²) in [4.78, 5) is 23.5. The average Bonchev–Trinajstić information content (AvgIpc) is 2.64. The molecule has 6 heteroatoms. The second kappa shape index (κ2) is 5.45. The lowest BCUT2D eigenvalue weighted by Gasteiger charge is -2.21. The van der Waals surface area contributed by atoms with Crippen molar-refractivity contribution < 1.29 is 4.79 Å². The summed E-state index contributed by atoms with van der Waals surface area (Å²) < 4.78 is 0. The van der Waals surface area contributed by atoms with Crippen molar-refractivity contribution in [2.24, 2.45) is 0 Å². The first-order valence-electron chi connectivity index (χ1n) is 5.94. The quantitative estimate of drug-likeness (QED) is 0.716. The van der Waals surface area contributed by atoms with Crippen molar-refractivity contribution in [3.63, 3.8) is 0 Å². The van der Waals surface area contributed by atoms with Crippen LogP contribution in [0, 0.1) is 11.3 Å². The summed E-state index contributed by atoms with van der Waals surface area (Å²) in [5, 5.41) is 8.82. The molecule has 2 rings (SSSR count). The Bertz CT molecular complexity index is 482. The topological polar surface area (TPSA) is 73.1 Å². The van der Waals surface area contributed by atoms with E-state index in [0.29, 0.717) is 24.7 Å². The van der Waals surface area contributed by atoms with Crippen LogP contribution in [-0.2, 0) is 4.79 Å². The van der Waals surface area contributed by atoms with Gasteiger partial charge in [-0.3, -0.25) is 4.79 Å². The van der Waals surface area contributed by atoms with Gasteiger partial charge in [0.15, 0.2) is 0 Å². The number of nitriles is 1. The number of hydrogen-bond donors (Lipinski definition) is 0. The molecule has 0 aliphatic carbocycles. The molecule has 18 heavy (non-hydrogen) atoms. The molecule has 1 aromatic rings. The van der Waals surface area contributed by atoms with Gasteiger partial charge in [-0.1, -0.05) is 0 Å². The van der Waals surface area contributed by atoms with Crippen molar-refractivity contribution in [2.45, 2.75) is 13.3 Å². The third-order valence-electron chi connectivity index (χ3n) is 2.98.